The molecule has 0 aliphatic rings. The van der Waals surface area contributed by atoms with Gasteiger partial charge >= 0.3 is 5.97 Å². The van der Waals surface area contributed by atoms with Crippen LogP contribution in [0.1, 0.15) is 59.8 Å². The van der Waals surface area contributed by atoms with Crippen LogP contribution >= 0.6 is 0 Å². The summed E-state index contributed by atoms with van der Waals surface area (Å²) >= 11 is 0. The van der Waals surface area contributed by atoms with Crippen molar-refractivity contribution < 1.29 is 14.3 Å². The number of ether oxygens (including phenoxy) is 2. The molecule has 0 radical (unpaired) electrons. The van der Waals surface area contributed by atoms with Crippen molar-refractivity contribution in [1.82, 2.24) is 0 Å². The third-order valence-corrected chi connectivity index (χ3v) is 2.86. The molecule has 0 heterocycles. The maximum Gasteiger partial charge on any atom is 0.348 e. The summed E-state index contributed by atoms with van der Waals surface area (Å²) in [6.07, 6.45) is 6.51. The van der Waals surface area contributed by atoms with Gasteiger partial charge in [-0.15, -0.1) is 0 Å². The molecule has 0 saturated carbocycles. The molecule has 0 fully saturated rings. The number of hydrogen-bond donors (Lipinski definition) is 0. The van der Waals surface area contributed by atoms with Crippen LogP contribution in [0, 0.1) is 11.3 Å². The monoisotopic (exact) mass is 281 g/mol. The molecule has 0 aliphatic carbocycles. The van der Waals surface area contributed by atoms with E-state index >= 15 is 0 Å². The molecule has 4 nitrogen and oxygen atoms in total. The lowest BCUT2D eigenvalue weighted by molar-refractivity contribution is -0.143. The smallest absolute Gasteiger partial charge is 0.348 e. The molecule has 4 heteroatoms. The maximum atomic E-state index is 11.7. The van der Waals surface area contributed by atoms with Gasteiger partial charge in [0.2, 0.25) is 0 Å². The predicted molar refractivity (Wildman–Crippen MR) is 79.1 cm³/mol. The quantitative estimate of drug-likeness (QED) is 0.347. The Balaban J connectivity index is 4.07. The van der Waals surface area contributed by atoms with Crippen molar-refractivity contribution in [2.24, 2.45) is 0 Å². The molecule has 2 atom stereocenters. The van der Waals surface area contributed by atoms with E-state index < -0.39 is 5.97 Å². The average Bonchev–Trinajstić information content (AvgIpc) is 2.43. The second-order valence-electron chi connectivity index (χ2n) is 5.02. The van der Waals surface area contributed by atoms with Crippen LogP contribution in [0.4, 0.5) is 0 Å². The van der Waals surface area contributed by atoms with Gasteiger partial charge in [0.25, 0.3) is 0 Å². The van der Waals surface area contributed by atoms with E-state index in [0.717, 1.165) is 25.7 Å². The fraction of sp³-hybridized carbons (Fsp3) is 0.750. The summed E-state index contributed by atoms with van der Waals surface area (Å²) in [5.74, 6) is -0.558. The highest BCUT2D eigenvalue weighted by Gasteiger charge is 2.14. The van der Waals surface area contributed by atoms with Gasteiger partial charge < -0.3 is 9.47 Å². The highest BCUT2D eigenvalue weighted by Crippen LogP contribution is 2.08. The SMILES string of the molecule is CCCC=C(C#N)C(=O)OCC(C)OC(C)CCCC. The topological polar surface area (TPSA) is 59.3 Å². The minimum atomic E-state index is -0.558. The van der Waals surface area contributed by atoms with E-state index in [-0.39, 0.29) is 24.4 Å². The summed E-state index contributed by atoms with van der Waals surface area (Å²) in [4.78, 5) is 11.7. The number of hydrogen-bond acceptors (Lipinski definition) is 4. The molecular formula is C16H27NO3. The third-order valence-electron chi connectivity index (χ3n) is 2.86. The standard InChI is InChI=1S/C16H27NO3/c1-5-7-9-13(3)20-14(4)12-19-16(18)15(11-17)10-8-6-2/h10,13-14H,5-9,12H2,1-4H3. The molecule has 0 aliphatic heterocycles. The van der Waals surface area contributed by atoms with Gasteiger partial charge in [-0.3, -0.25) is 0 Å². The first-order valence-electron chi connectivity index (χ1n) is 7.47. The molecule has 0 amide bonds. The maximum absolute atomic E-state index is 11.7. The second kappa shape index (κ2) is 11.5. The lowest BCUT2D eigenvalue weighted by Crippen LogP contribution is -2.24. The normalized spacial score (nSPS) is 14.4. The molecule has 114 valence electrons. The molecule has 0 rings (SSSR count). The van der Waals surface area contributed by atoms with Crippen molar-refractivity contribution in [3.63, 3.8) is 0 Å². The summed E-state index contributed by atoms with van der Waals surface area (Å²) in [5, 5.41) is 8.88. The molecule has 0 aromatic heterocycles. The Hall–Kier alpha value is -1.34. The number of carbonyl (C=O) groups is 1. The van der Waals surface area contributed by atoms with Crippen LogP contribution in [0.15, 0.2) is 11.6 Å². The number of carbonyl (C=O) groups excluding carboxylic acids is 1. The molecule has 0 spiro atoms. The van der Waals surface area contributed by atoms with Gasteiger partial charge in [-0.1, -0.05) is 39.2 Å². The van der Waals surface area contributed by atoms with Crippen LogP contribution in [-0.4, -0.2) is 24.8 Å². The zero-order chi connectivity index (χ0) is 15.4. The Labute approximate surface area is 122 Å². The summed E-state index contributed by atoms with van der Waals surface area (Å²) in [6, 6.07) is 1.87. The van der Waals surface area contributed by atoms with E-state index in [2.05, 4.69) is 6.92 Å². The summed E-state index contributed by atoms with van der Waals surface area (Å²) in [7, 11) is 0. The first kappa shape index (κ1) is 18.7. The van der Waals surface area contributed by atoms with Gasteiger partial charge in [0, 0.05) is 0 Å². The fourth-order valence-corrected chi connectivity index (χ4v) is 1.73. The Morgan fingerprint density at radius 3 is 2.50 bits per heavy atom. The van der Waals surface area contributed by atoms with Crippen LogP contribution in [0.5, 0.6) is 0 Å². The van der Waals surface area contributed by atoms with E-state index in [9.17, 15) is 4.79 Å². The molecule has 0 bridgehead atoms. The summed E-state index contributed by atoms with van der Waals surface area (Å²) in [6.45, 7) is 8.21. The first-order chi connectivity index (χ1) is 9.54. The summed E-state index contributed by atoms with van der Waals surface area (Å²) < 4.78 is 10.8. The van der Waals surface area contributed by atoms with Gasteiger partial charge in [-0.25, -0.2) is 4.79 Å². The van der Waals surface area contributed by atoms with Gasteiger partial charge in [0.15, 0.2) is 0 Å². The van der Waals surface area contributed by atoms with Crippen LogP contribution in [0.25, 0.3) is 0 Å². The zero-order valence-corrected chi connectivity index (χ0v) is 13.1. The average molecular weight is 281 g/mol. The van der Waals surface area contributed by atoms with Crippen molar-refractivity contribution in [3.8, 4) is 6.07 Å². The lowest BCUT2D eigenvalue weighted by Gasteiger charge is -2.18. The lowest BCUT2D eigenvalue weighted by atomic mass is 10.2. The first-order valence-corrected chi connectivity index (χ1v) is 7.47. The van der Waals surface area contributed by atoms with Gasteiger partial charge in [-0.05, 0) is 26.7 Å². The largest absolute Gasteiger partial charge is 0.459 e. The minimum absolute atomic E-state index is 0.0816. The fourth-order valence-electron chi connectivity index (χ4n) is 1.73. The highest BCUT2D eigenvalue weighted by atomic mass is 16.6. The number of unbranched alkanes of at least 4 members (excludes halogenated alkanes) is 2. The molecule has 0 aromatic rings. The Bertz CT molecular complexity index is 344. The van der Waals surface area contributed by atoms with Gasteiger partial charge in [0.1, 0.15) is 18.2 Å². The molecular weight excluding hydrogens is 254 g/mol. The van der Waals surface area contributed by atoms with Crippen molar-refractivity contribution in [1.29, 1.82) is 5.26 Å². The molecule has 0 saturated heterocycles. The Morgan fingerprint density at radius 1 is 1.25 bits per heavy atom. The minimum Gasteiger partial charge on any atom is -0.459 e. The number of nitrogens with zero attached hydrogens (tertiary/aromatic N) is 1. The molecule has 0 aromatic carbocycles. The Kier molecular flexibility index (Phi) is 10.7. The van der Waals surface area contributed by atoms with E-state index in [1.807, 2.05) is 26.8 Å². The Morgan fingerprint density at radius 2 is 1.95 bits per heavy atom. The van der Waals surface area contributed by atoms with E-state index in [4.69, 9.17) is 14.7 Å². The van der Waals surface area contributed by atoms with Crippen molar-refractivity contribution in [3.05, 3.63) is 11.6 Å². The second-order valence-corrected chi connectivity index (χ2v) is 5.02. The molecule has 2 unspecified atom stereocenters. The van der Waals surface area contributed by atoms with Crippen molar-refractivity contribution in [2.75, 3.05) is 6.61 Å². The third kappa shape index (κ3) is 8.71. The summed E-state index contributed by atoms with van der Waals surface area (Å²) in [5.41, 5.74) is 0.0816. The van der Waals surface area contributed by atoms with E-state index in [0.29, 0.717) is 6.42 Å². The number of esters is 1. The van der Waals surface area contributed by atoms with Crippen LogP contribution in [0.3, 0.4) is 0 Å². The molecule has 20 heavy (non-hydrogen) atoms. The van der Waals surface area contributed by atoms with Gasteiger partial charge in [-0.2, -0.15) is 5.26 Å². The van der Waals surface area contributed by atoms with Crippen molar-refractivity contribution in [2.45, 2.75) is 72.0 Å². The highest BCUT2D eigenvalue weighted by molar-refractivity contribution is 5.92. The van der Waals surface area contributed by atoms with Crippen LogP contribution in [-0.2, 0) is 14.3 Å². The number of allylic oxidation sites excluding steroid dienone is 1. The molecule has 0 N–H and O–H groups in total. The van der Waals surface area contributed by atoms with Gasteiger partial charge in [0.05, 0.1) is 12.2 Å². The van der Waals surface area contributed by atoms with Crippen LogP contribution in [0.2, 0.25) is 0 Å². The predicted octanol–water partition coefficient (Wildman–Crippen LogP) is 3.76. The number of rotatable bonds is 10. The van der Waals surface area contributed by atoms with E-state index in [1.54, 1.807) is 6.08 Å². The van der Waals surface area contributed by atoms with Crippen LogP contribution < -0.4 is 0 Å². The number of nitriles is 1. The van der Waals surface area contributed by atoms with Crippen molar-refractivity contribution >= 4 is 5.97 Å². The van der Waals surface area contributed by atoms with E-state index in [1.165, 1.54) is 0 Å². The zero-order valence-electron chi connectivity index (χ0n) is 13.1.